The maximum atomic E-state index is 3.92. The third-order valence-corrected chi connectivity index (χ3v) is 6.92. The van der Waals surface area contributed by atoms with Crippen molar-refractivity contribution >= 4 is 53.4 Å². The van der Waals surface area contributed by atoms with Gasteiger partial charge >= 0.3 is 0 Å². The second-order valence-corrected chi connectivity index (χ2v) is 8.04. The van der Waals surface area contributed by atoms with Gasteiger partial charge in [0.25, 0.3) is 0 Å². The summed E-state index contributed by atoms with van der Waals surface area (Å²) in [6.45, 7) is 0. The van der Waals surface area contributed by atoms with E-state index in [9.17, 15) is 0 Å². The van der Waals surface area contributed by atoms with Gasteiger partial charge in [0.2, 0.25) is 0 Å². The molecule has 2 heteroatoms. The Balaban J connectivity index is 1.86. The summed E-state index contributed by atoms with van der Waals surface area (Å²) in [6, 6.07) is 22.0. The van der Waals surface area contributed by atoms with Crippen molar-refractivity contribution in [2.45, 2.75) is 12.8 Å². The summed E-state index contributed by atoms with van der Waals surface area (Å²) in [5.41, 5.74) is 5.72. The van der Waals surface area contributed by atoms with Crippen molar-refractivity contribution in [3.8, 4) is 0 Å². The van der Waals surface area contributed by atoms with Crippen LogP contribution in [0.3, 0.4) is 0 Å². The lowest BCUT2D eigenvalue weighted by Crippen LogP contribution is -2.09. The molecule has 0 saturated heterocycles. The fourth-order valence-corrected chi connectivity index (χ4v) is 5.26. The van der Waals surface area contributed by atoms with E-state index in [0.717, 1.165) is 12.8 Å². The number of hydrogen-bond donors (Lipinski definition) is 0. The monoisotopic (exact) mass is 436 g/mol. The predicted octanol–water partition coefficient (Wildman–Crippen LogP) is 7.01. The first kappa shape index (κ1) is 14.7. The molecule has 0 fully saturated rings. The number of hydrogen-bond acceptors (Lipinski definition) is 0. The fraction of sp³-hybridized carbons (Fsp3) is 0.0909. The first-order chi connectivity index (χ1) is 11.7. The summed E-state index contributed by atoms with van der Waals surface area (Å²) in [5, 5.41) is 5.15. The standard InChI is InChI=1S/C22H14Br2/c23-21-17-9-13-5-1-2-6-14(13)10-18(17)22(24)20-12-16-8-4-3-7-15(16)11-19(20)21/h1-10H,11-12H2. The quantitative estimate of drug-likeness (QED) is 0.228. The Hall–Kier alpha value is -1.64. The summed E-state index contributed by atoms with van der Waals surface area (Å²) in [5.74, 6) is 0. The second-order valence-electron chi connectivity index (χ2n) is 6.45. The van der Waals surface area contributed by atoms with E-state index in [-0.39, 0.29) is 0 Å². The number of halogens is 2. The van der Waals surface area contributed by atoms with Crippen molar-refractivity contribution in [2.75, 3.05) is 0 Å². The zero-order chi connectivity index (χ0) is 16.3. The van der Waals surface area contributed by atoms with E-state index in [4.69, 9.17) is 0 Å². The third-order valence-electron chi connectivity index (χ3n) is 5.11. The Bertz CT molecular complexity index is 1040. The Morgan fingerprint density at radius 1 is 0.583 bits per heavy atom. The second kappa shape index (κ2) is 5.44. The van der Waals surface area contributed by atoms with Crippen molar-refractivity contribution in [3.05, 3.63) is 91.9 Å². The van der Waals surface area contributed by atoms with E-state index < -0.39 is 0 Å². The molecular formula is C22H14Br2. The molecular weight excluding hydrogens is 424 g/mol. The highest BCUT2D eigenvalue weighted by atomic mass is 79.9. The van der Waals surface area contributed by atoms with Gasteiger partial charge < -0.3 is 0 Å². The molecule has 24 heavy (non-hydrogen) atoms. The highest BCUT2D eigenvalue weighted by molar-refractivity contribution is 9.11. The molecule has 1 aliphatic rings. The largest absolute Gasteiger partial charge is 0.0620 e. The zero-order valence-corrected chi connectivity index (χ0v) is 16.1. The first-order valence-corrected chi connectivity index (χ1v) is 9.69. The van der Waals surface area contributed by atoms with E-state index in [1.807, 2.05) is 0 Å². The van der Waals surface area contributed by atoms with E-state index >= 15 is 0 Å². The van der Waals surface area contributed by atoms with Crippen LogP contribution >= 0.6 is 31.9 Å². The van der Waals surface area contributed by atoms with Crippen LogP contribution in [0, 0.1) is 0 Å². The molecule has 4 aromatic carbocycles. The maximum Gasteiger partial charge on any atom is 0.0293 e. The smallest absolute Gasteiger partial charge is 0.0293 e. The Morgan fingerprint density at radius 2 is 1.00 bits per heavy atom. The van der Waals surface area contributed by atoms with Crippen molar-refractivity contribution in [1.29, 1.82) is 0 Å². The molecule has 0 amide bonds. The molecule has 0 heterocycles. The molecule has 0 nitrogen and oxygen atoms in total. The van der Waals surface area contributed by atoms with E-state index in [1.54, 1.807) is 0 Å². The van der Waals surface area contributed by atoms with Crippen molar-refractivity contribution in [3.63, 3.8) is 0 Å². The van der Waals surface area contributed by atoms with Crippen LogP contribution in [0.1, 0.15) is 22.3 Å². The molecule has 0 saturated carbocycles. The molecule has 0 bridgehead atoms. The van der Waals surface area contributed by atoms with Gasteiger partial charge in [-0.3, -0.25) is 0 Å². The van der Waals surface area contributed by atoms with Gasteiger partial charge in [0.1, 0.15) is 0 Å². The van der Waals surface area contributed by atoms with Crippen molar-refractivity contribution < 1.29 is 0 Å². The lowest BCUT2D eigenvalue weighted by Gasteiger charge is -2.24. The lowest BCUT2D eigenvalue weighted by molar-refractivity contribution is 0.994. The van der Waals surface area contributed by atoms with Crippen molar-refractivity contribution in [1.82, 2.24) is 0 Å². The van der Waals surface area contributed by atoms with Crippen LogP contribution in [0.4, 0.5) is 0 Å². The van der Waals surface area contributed by atoms with Crippen LogP contribution in [0.5, 0.6) is 0 Å². The highest BCUT2D eigenvalue weighted by Gasteiger charge is 2.22. The molecule has 0 spiro atoms. The summed E-state index contributed by atoms with van der Waals surface area (Å²) >= 11 is 7.84. The number of fused-ring (bicyclic) bond motifs is 4. The fourth-order valence-electron chi connectivity index (χ4n) is 3.85. The molecule has 0 radical (unpaired) electrons. The van der Waals surface area contributed by atoms with Crippen LogP contribution in [0.15, 0.2) is 69.6 Å². The van der Waals surface area contributed by atoms with Gasteiger partial charge in [0, 0.05) is 8.95 Å². The normalized spacial score (nSPS) is 13.1. The SMILES string of the molecule is Brc1c2c(c(Br)c3cc4ccccc4cc13)Cc1ccccc1C2. The van der Waals surface area contributed by atoms with Crippen LogP contribution in [-0.2, 0) is 12.8 Å². The molecule has 1 aliphatic carbocycles. The van der Waals surface area contributed by atoms with Gasteiger partial charge in [-0.25, -0.2) is 0 Å². The van der Waals surface area contributed by atoms with Crippen LogP contribution in [0.2, 0.25) is 0 Å². The molecule has 4 aromatic rings. The molecule has 0 unspecified atom stereocenters. The molecule has 116 valence electrons. The van der Waals surface area contributed by atoms with E-state index in [0.29, 0.717) is 0 Å². The summed E-state index contributed by atoms with van der Waals surface area (Å²) in [7, 11) is 0. The number of rotatable bonds is 0. The van der Waals surface area contributed by atoms with Gasteiger partial charge in [-0.2, -0.15) is 0 Å². The third kappa shape index (κ3) is 2.09. The minimum Gasteiger partial charge on any atom is -0.0620 e. The van der Waals surface area contributed by atoms with Gasteiger partial charge in [0.15, 0.2) is 0 Å². The Kier molecular flexibility index (Phi) is 3.33. The van der Waals surface area contributed by atoms with Crippen LogP contribution in [-0.4, -0.2) is 0 Å². The molecule has 0 aliphatic heterocycles. The van der Waals surface area contributed by atoms with Gasteiger partial charge in [-0.1, -0.05) is 48.5 Å². The summed E-state index contributed by atoms with van der Waals surface area (Å²) < 4.78 is 2.49. The first-order valence-electron chi connectivity index (χ1n) is 8.10. The van der Waals surface area contributed by atoms with Crippen LogP contribution < -0.4 is 0 Å². The predicted molar refractivity (Wildman–Crippen MR) is 109 cm³/mol. The summed E-state index contributed by atoms with van der Waals surface area (Å²) in [4.78, 5) is 0. The lowest BCUT2D eigenvalue weighted by atomic mass is 9.84. The molecule has 5 rings (SSSR count). The minimum atomic E-state index is 0.994. The average molecular weight is 438 g/mol. The Morgan fingerprint density at radius 3 is 1.46 bits per heavy atom. The van der Waals surface area contributed by atoms with Crippen LogP contribution in [0.25, 0.3) is 21.5 Å². The van der Waals surface area contributed by atoms with E-state index in [1.165, 1.54) is 52.7 Å². The minimum absolute atomic E-state index is 0.994. The Labute approximate surface area is 157 Å². The van der Waals surface area contributed by atoms with Gasteiger partial charge in [-0.05, 0) is 101 Å². The average Bonchev–Trinajstić information content (AvgIpc) is 2.64. The van der Waals surface area contributed by atoms with Gasteiger partial charge in [-0.15, -0.1) is 0 Å². The summed E-state index contributed by atoms with van der Waals surface area (Å²) in [6.07, 6.45) is 1.99. The topological polar surface area (TPSA) is 0 Å². The molecule has 0 N–H and O–H groups in total. The maximum absolute atomic E-state index is 3.92. The number of benzene rings is 4. The van der Waals surface area contributed by atoms with Crippen molar-refractivity contribution in [2.24, 2.45) is 0 Å². The highest BCUT2D eigenvalue weighted by Crippen LogP contribution is 2.43. The molecule has 0 aromatic heterocycles. The zero-order valence-electron chi connectivity index (χ0n) is 12.9. The van der Waals surface area contributed by atoms with Gasteiger partial charge in [0.05, 0.1) is 0 Å². The molecule has 0 atom stereocenters. The van der Waals surface area contributed by atoms with E-state index in [2.05, 4.69) is 92.5 Å².